The first kappa shape index (κ1) is 18.1. The number of nitrogens with one attached hydrogen (secondary N) is 1. The molecule has 1 amide bonds. The van der Waals surface area contributed by atoms with Crippen molar-refractivity contribution in [2.24, 2.45) is 0 Å². The fourth-order valence-corrected chi connectivity index (χ4v) is 3.51. The zero-order valence-corrected chi connectivity index (χ0v) is 15.6. The summed E-state index contributed by atoms with van der Waals surface area (Å²) in [6.45, 7) is 6.01. The summed E-state index contributed by atoms with van der Waals surface area (Å²) in [5.41, 5.74) is 3.61. The zero-order valence-electron chi connectivity index (χ0n) is 14.8. The Morgan fingerprint density at radius 2 is 1.77 bits per heavy atom. The van der Waals surface area contributed by atoms with E-state index in [1.54, 1.807) is 19.1 Å². The fraction of sp³-hybridized carbons (Fsp3) is 0.200. The molecule has 0 aliphatic heterocycles. The lowest BCUT2D eigenvalue weighted by Crippen LogP contribution is -2.11. The van der Waals surface area contributed by atoms with Crippen molar-refractivity contribution < 1.29 is 13.9 Å². The van der Waals surface area contributed by atoms with Crippen molar-refractivity contribution in [3.05, 3.63) is 75.0 Å². The van der Waals surface area contributed by atoms with Gasteiger partial charge >= 0.3 is 0 Å². The number of amides is 1. The van der Waals surface area contributed by atoms with E-state index in [1.807, 2.05) is 26.0 Å². The molecule has 3 rings (SSSR count). The van der Waals surface area contributed by atoms with Crippen LogP contribution in [-0.2, 0) is 6.61 Å². The van der Waals surface area contributed by atoms with E-state index in [0.717, 1.165) is 16.8 Å². The summed E-state index contributed by atoms with van der Waals surface area (Å²) >= 11 is 1.30. The molecule has 0 atom stereocenters. The van der Waals surface area contributed by atoms with Crippen LogP contribution >= 0.6 is 11.3 Å². The number of hydrogen-bond donors (Lipinski definition) is 1. The van der Waals surface area contributed by atoms with Gasteiger partial charge in [-0.15, -0.1) is 11.3 Å². The predicted molar refractivity (Wildman–Crippen MR) is 101 cm³/mol. The zero-order chi connectivity index (χ0) is 18.7. The highest BCUT2D eigenvalue weighted by Crippen LogP contribution is 2.22. The first-order valence-corrected chi connectivity index (χ1v) is 8.96. The van der Waals surface area contributed by atoms with E-state index in [9.17, 15) is 9.18 Å². The summed E-state index contributed by atoms with van der Waals surface area (Å²) in [6, 6.07) is 11.7. The van der Waals surface area contributed by atoms with Crippen LogP contribution < -0.4 is 10.1 Å². The monoisotopic (exact) mass is 370 g/mol. The molecular formula is C20H19FN2O2S. The van der Waals surface area contributed by atoms with Crippen molar-refractivity contribution in [2.75, 3.05) is 5.32 Å². The Balaban J connectivity index is 1.68. The summed E-state index contributed by atoms with van der Waals surface area (Å²) in [5, 5.41) is 3.62. The summed E-state index contributed by atoms with van der Waals surface area (Å²) in [7, 11) is 0. The van der Waals surface area contributed by atoms with Gasteiger partial charge < -0.3 is 10.1 Å². The largest absolute Gasteiger partial charge is 0.486 e. The number of thiazole rings is 1. The van der Waals surface area contributed by atoms with Crippen molar-refractivity contribution in [1.29, 1.82) is 0 Å². The molecule has 3 aromatic rings. The van der Waals surface area contributed by atoms with Crippen LogP contribution in [0.15, 0.2) is 42.5 Å². The molecule has 0 bridgehead atoms. The summed E-state index contributed by atoms with van der Waals surface area (Å²) in [6.07, 6.45) is 0. The number of rotatable bonds is 5. The maximum absolute atomic E-state index is 12.9. The van der Waals surface area contributed by atoms with Crippen molar-refractivity contribution in [3.63, 3.8) is 0 Å². The van der Waals surface area contributed by atoms with Crippen LogP contribution in [0.25, 0.3) is 0 Å². The molecular weight excluding hydrogens is 351 g/mol. The van der Waals surface area contributed by atoms with Crippen LogP contribution in [0.4, 0.5) is 10.1 Å². The maximum Gasteiger partial charge on any atom is 0.267 e. The Bertz CT molecular complexity index is 915. The highest BCUT2D eigenvalue weighted by atomic mass is 32.1. The molecule has 4 nitrogen and oxygen atoms in total. The van der Waals surface area contributed by atoms with Crippen molar-refractivity contribution in [2.45, 2.75) is 27.4 Å². The van der Waals surface area contributed by atoms with E-state index >= 15 is 0 Å². The van der Waals surface area contributed by atoms with Crippen LogP contribution in [0.1, 0.15) is 31.5 Å². The second kappa shape index (κ2) is 7.66. The number of halogens is 1. The molecule has 0 spiro atoms. The highest BCUT2D eigenvalue weighted by molar-refractivity contribution is 7.13. The highest BCUT2D eigenvalue weighted by Gasteiger charge is 2.16. The van der Waals surface area contributed by atoms with Crippen LogP contribution in [0.5, 0.6) is 5.75 Å². The molecule has 0 aliphatic rings. The Kier molecular flexibility index (Phi) is 5.32. The van der Waals surface area contributed by atoms with Crippen molar-refractivity contribution >= 4 is 22.9 Å². The molecule has 0 aliphatic carbocycles. The Labute approximate surface area is 155 Å². The topological polar surface area (TPSA) is 51.2 Å². The molecule has 6 heteroatoms. The number of benzene rings is 2. The quantitative estimate of drug-likeness (QED) is 0.685. The standard InChI is InChI=1S/C20H19FN2O2S/c1-12-8-13(2)10-16(9-12)23-20(24)19-14(3)22-18(26-19)11-25-17-6-4-15(21)5-7-17/h4-10H,11H2,1-3H3,(H,23,24). The number of aromatic nitrogens is 1. The lowest BCUT2D eigenvalue weighted by molar-refractivity contribution is 0.103. The van der Waals surface area contributed by atoms with Crippen LogP contribution in [0.2, 0.25) is 0 Å². The molecule has 0 saturated heterocycles. The van der Waals surface area contributed by atoms with Gasteiger partial charge in [0.05, 0.1) is 5.69 Å². The summed E-state index contributed by atoms with van der Waals surface area (Å²) in [5.74, 6) is 0.0614. The third-order valence-electron chi connectivity index (χ3n) is 3.70. The smallest absolute Gasteiger partial charge is 0.267 e. The van der Waals surface area contributed by atoms with Crippen LogP contribution in [-0.4, -0.2) is 10.9 Å². The molecule has 0 fully saturated rings. The summed E-state index contributed by atoms with van der Waals surface area (Å²) < 4.78 is 18.5. The lowest BCUT2D eigenvalue weighted by Gasteiger charge is -2.06. The van der Waals surface area contributed by atoms with Gasteiger partial charge in [-0.2, -0.15) is 0 Å². The SMILES string of the molecule is Cc1cc(C)cc(NC(=O)c2sc(COc3ccc(F)cc3)nc2C)c1. The Morgan fingerprint density at radius 3 is 2.42 bits per heavy atom. The van der Waals surface area contributed by atoms with E-state index in [1.165, 1.54) is 23.5 Å². The molecule has 2 aromatic carbocycles. The van der Waals surface area contributed by atoms with Crippen molar-refractivity contribution in [1.82, 2.24) is 4.98 Å². The Hall–Kier alpha value is -2.73. The summed E-state index contributed by atoms with van der Waals surface area (Å²) in [4.78, 5) is 17.5. The molecule has 0 radical (unpaired) electrons. The number of carbonyl (C=O) groups is 1. The van der Waals surface area contributed by atoms with Crippen LogP contribution in [0.3, 0.4) is 0 Å². The minimum Gasteiger partial charge on any atom is -0.486 e. The number of ether oxygens (including phenoxy) is 1. The molecule has 1 heterocycles. The molecule has 134 valence electrons. The number of carbonyl (C=O) groups excluding carboxylic acids is 1. The van der Waals surface area contributed by atoms with Gasteiger partial charge in [0.1, 0.15) is 28.1 Å². The molecule has 26 heavy (non-hydrogen) atoms. The first-order valence-electron chi connectivity index (χ1n) is 8.15. The third-order valence-corrected chi connectivity index (χ3v) is 4.83. The lowest BCUT2D eigenvalue weighted by atomic mass is 10.1. The van der Waals surface area contributed by atoms with Crippen LogP contribution in [0, 0.1) is 26.6 Å². The average molecular weight is 370 g/mol. The minimum absolute atomic E-state index is 0.182. The van der Waals surface area contributed by atoms with Gasteiger partial charge in [-0.3, -0.25) is 4.79 Å². The second-order valence-corrected chi connectivity index (χ2v) is 7.18. The van der Waals surface area contributed by atoms with Gasteiger partial charge in [0.25, 0.3) is 5.91 Å². The van der Waals surface area contributed by atoms with Gasteiger partial charge in [0, 0.05) is 5.69 Å². The van der Waals surface area contributed by atoms with Gasteiger partial charge in [0.2, 0.25) is 0 Å². The molecule has 1 aromatic heterocycles. The van der Waals surface area contributed by atoms with Crippen molar-refractivity contribution in [3.8, 4) is 5.75 Å². The first-order chi connectivity index (χ1) is 12.4. The molecule has 0 unspecified atom stereocenters. The molecule has 0 saturated carbocycles. The number of hydrogen-bond acceptors (Lipinski definition) is 4. The van der Waals surface area contributed by atoms with E-state index in [0.29, 0.717) is 21.3 Å². The normalized spacial score (nSPS) is 10.6. The number of aryl methyl sites for hydroxylation is 3. The van der Waals surface area contributed by atoms with Gasteiger partial charge in [-0.05, 0) is 68.3 Å². The van der Waals surface area contributed by atoms with Gasteiger partial charge in [0.15, 0.2) is 0 Å². The minimum atomic E-state index is -0.312. The fourth-order valence-electron chi connectivity index (χ4n) is 2.64. The maximum atomic E-state index is 12.9. The predicted octanol–water partition coefficient (Wildman–Crippen LogP) is 5.04. The van der Waals surface area contributed by atoms with Gasteiger partial charge in [-0.1, -0.05) is 6.07 Å². The third kappa shape index (κ3) is 4.46. The number of nitrogens with zero attached hydrogens (tertiary/aromatic N) is 1. The number of anilines is 1. The second-order valence-electron chi connectivity index (χ2n) is 6.10. The average Bonchev–Trinajstić information content (AvgIpc) is 2.94. The van der Waals surface area contributed by atoms with E-state index in [-0.39, 0.29) is 18.3 Å². The Morgan fingerprint density at radius 1 is 1.12 bits per heavy atom. The van der Waals surface area contributed by atoms with E-state index in [4.69, 9.17) is 4.74 Å². The van der Waals surface area contributed by atoms with E-state index in [2.05, 4.69) is 16.4 Å². The van der Waals surface area contributed by atoms with E-state index < -0.39 is 0 Å². The molecule has 1 N–H and O–H groups in total. The van der Waals surface area contributed by atoms with Gasteiger partial charge in [-0.25, -0.2) is 9.37 Å².